The van der Waals surface area contributed by atoms with Crippen molar-refractivity contribution in [2.24, 2.45) is 0 Å². The van der Waals surface area contributed by atoms with E-state index in [1.807, 2.05) is 7.05 Å². The van der Waals surface area contributed by atoms with Gasteiger partial charge in [0.05, 0.1) is 11.7 Å². The number of hydrogen-bond donors (Lipinski definition) is 2. The van der Waals surface area contributed by atoms with Crippen LogP contribution in [0.2, 0.25) is 0 Å². The lowest BCUT2D eigenvalue weighted by molar-refractivity contribution is -0.313. The lowest BCUT2D eigenvalue weighted by Gasteiger charge is -2.39. The Morgan fingerprint density at radius 2 is 2.04 bits per heavy atom. The molecule has 4 rings (SSSR count). The van der Waals surface area contributed by atoms with E-state index in [-0.39, 0.29) is 23.3 Å². The van der Waals surface area contributed by atoms with Crippen LogP contribution in [0.25, 0.3) is 0 Å². The highest BCUT2D eigenvalue weighted by atomic mass is 19.4. The highest BCUT2D eigenvalue weighted by Crippen LogP contribution is 2.40. The van der Waals surface area contributed by atoms with Crippen molar-refractivity contribution in [1.29, 1.82) is 0 Å². The van der Waals surface area contributed by atoms with Crippen LogP contribution in [0, 0.1) is 0 Å². The van der Waals surface area contributed by atoms with E-state index in [0.717, 1.165) is 24.6 Å². The van der Waals surface area contributed by atoms with E-state index in [4.69, 9.17) is 0 Å². The standard InChI is InChI=1S/C16H17F3N4O4/c1-22-6-9-4-8(22)7-23(9)13(24)15(14(25)26)11-3-2-10(27-16(17,18)19)5-12(11)20-21-15/h2-3,5,8-9,20-21H,4,6-7H2,1H3,(H,25,26)/p-1/t8-,9-,15?/m0/s1. The zero-order chi connectivity index (χ0) is 19.6. The number of carboxylic acid groups (broad SMARTS) is 1. The summed E-state index contributed by atoms with van der Waals surface area (Å²) < 4.78 is 41.0. The number of aliphatic carboxylic acids is 1. The van der Waals surface area contributed by atoms with Gasteiger partial charge in [0, 0.05) is 36.8 Å². The number of anilines is 1. The number of amides is 1. The Morgan fingerprint density at radius 3 is 2.59 bits per heavy atom. The van der Waals surface area contributed by atoms with E-state index >= 15 is 0 Å². The van der Waals surface area contributed by atoms with Crippen LogP contribution in [0.4, 0.5) is 18.9 Å². The highest BCUT2D eigenvalue weighted by Gasteiger charge is 2.54. The van der Waals surface area contributed by atoms with Gasteiger partial charge >= 0.3 is 6.36 Å². The number of alkyl halides is 3. The Bertz CT molecular complexity index is 815. The summed E-state index contributed by atoms with van der Waals surface area (Å²) in [6.45, 7) is 1.03. The lowest BCUT2D eigenvalue weighted by atomic mass is 9.88. The maximum atomic E-state index is 13.2. The molecule has 2 saturated heterocycles. The molecular weight excluding hydrogens is 369 g/mol. The van der Waals surface area contributed by atoms with E-state index in [2.05, 4.69) is 20.5 Å². The molecule has 1 amide bonds. The molecule has 2 N–H and O–H groups in total. The number of hydrazine groups is 1. The number of likely N-dealkylation sites (N-methyl/N-ethyl adjacent to an activating group) is 1. The number of carboxylic acids is 1. The largest absolute Gasteiger partial charge is 0.573 e. The summed E-state index contributed by atoms with van der Waals surface area (Å²) in [6.07, 6.45) is -4.13. The number of ether oxygens (including phenoxy) is 1. The number of nitrogens with zero attached hydrogens (tertiary/aromatic N) is 2. The average Bonchev–Trinajstić information content (AvgIpc) is 3.24. The minimum Gasteiger partial charge on any atom is -0.547 e. The first-order valence-electron chi connectivity index (χ1n) is 8.28. The predicted octanol–water partition coefficient (Wildman–Crippen LogP) is -0.625. The number of carbonyl (C=O) groups excluding carboxylic acids is 2. The molecule has 0 aliphatic carbocycles. The smallest absolute Gasteiger partial charge is 0.547 e. The number of fused-ring (bicyclic) bond motifs is 3. The number of hydrogen-bond acceptors (Lipinski definition) is 7. The fourth-order valence-electron chi connectivity index (χ4n) is 4.13. The predicted molar refractivity (Wildman–Crippen MR) is 83.1 cm³/mol. The Balaban J connectivity index is 1.67. The second-order valence-corrected chi connectivity index (χ2v) is 6.98. The van der Waals surface area contributed by atoms with Crippen LogP contribution < -0.4 is 20.7 Å². The molecule has 2 bridgehead atoms. The lowest BCUT2D eigenvalue weighted by Crippen LogP contribution is -2.65. The molecule has 0 spiro atoms. The van der Waals surface area contributed by atoms with Gasteiger partial charge in [0.1, 0.15) is 5.75 Å². The first-order chi connectivity index (χ1) is 12.6. The topological polar surface area (TPSA) is 97.0 Å². The van der Waals surface area contributed by atoms with Crippen molar-refractivity contribution in [2.75, 3.05) is 25.6 Å². The van der Waals surface area contributed by atoms with Gasteiger partial charge in [-0.15, -0.1) is 13.2 Å². The molecular formula is C16H16F3N4O4-. The SMILES string of the molecule is CN1C[C@@H]2C[C@H]1CN2C(=O)C1(C(=O)[O-])NNc2cc(OC(F)(F)F)ccc21. The van der Waals surface area contributed by atoms with Crippen molar-refractivity contribution in [3.05, 3.63) is 23.8 Å². The normalized spacial score (nSPS) is 29.6. The molecule has 11 heteroatoms. The molecule has 0 radical (unpaired) electrons. The van der Waals surface area contributed by atoms with Crippen LogP contribution in [0.3, 0.4) is 0 Å². The van der Waals surface area contributed by atoms with E-state index in [9.17, 15) is 27.9 Å². The first kappa shape index (κ1) is 17.9. The van der Waals surface area contributed by atoms with Crippen molar-refractivity contribution in [3.8, 4) is 5.75 Å². The fourth-order valence-corrected chi connectivity index (χ4v) is 4.13. The zero-order valence-electron chi connectivity index (χ0n) is 14.2. The van der Waals surface area contributed by atoms with Crippen molar-refractivity contribution in [1.82, 2.24) is 15.2 Å². The van der Waals surface area contributed by atoms with Gasteiger partial charge in [0.2, 0.25) is 0 Å². The van der Waals surface area contributed by atoms with Crippen molar-refractivity contribution < 1.29 is 32.6 Å². The monoisotopic (exact) mass is 385 g/mol. The van der Waals surface area contributed by atoms with E-state index < -0.39 is 29.5 Å². The Labute approximate surface area is 151 Å². The quantitative estimate of drug-likeness (QED) is 0.669. The van der Waals surface area contributed by atoms with Crippen LogP contribution in [0.1, 0.15) is 12.0 Å². The van der Waals surface area contributed by atoms with Crippen molar-refractivity contribution in [2.45, 2.75) is 30.4 Å². The maximum absolute atomic E-state index is 13.2. The number of piperazine rings is 1. The summed E-state index contributed by atoms with van der Waals surface area (Å²) in [5, 5.41) is 12.0. The first-order valence-corrected chi connectivity index (χ1v) is 8.28. The summed E-state index contributed by atoms with van der Waals surface area (Å²) in [6, 6.07) is 3.13. The van der Waals surface area contributed by atoms with Crippen LogP contribution in [0.5, 0.6) is 5.75 Å². The molecule has 3 atom stereocenters. The van der Waals surface area contributed by atoms with E-state index in [0.29, 0.717) is 13.1 Å². The van der Waals surface area contributed by atoms with Gasteiger partial charge in [-0.05, 0) is 19.5 Å². The molecule has 2 fully saturated rings. The van der Waals surface area contributed by atoms with Gasteiger partial charge in [0.25, 0.3) is 5.91 Å². The molecule has 0 aromatic heterocycles. The number of halogens is 3. The van der Waals surface area contributed by atoms with Crippen LogP contribution >= 0.6 is 0 Å². The van der Waals surface area contributed by atoms with Gasteiger partial charge in [-0.1, -0.05) is 6.07 Å². The average molecular weight is 385 g/mol. The number of likely N-dealkylation sites (tertiary alicyclic amines) is 2. The van der Waals surface area contributed by atoms with Gasteiger partial charge in [-0.3, -0.25) is 9.69 Å². The number of carbonyl (C=O) groups is 2. The number of rotatable bonds is 3. The molecule has 3 heterocycles. The molecule has 3 aliphatic heterocycles. The van der Waals surface area contributed by atoms with Crippen LogP contribution in [0.15, 0.2) is 18.2 Å². The minimum atomic E-state index is -4.89. The molecule has 27 heavy (non-hydrogen) atoms. The van der Waals surface area contributed by atoms with Crippen LogP contribution in [-0.2, 0) is 15.1 Å². The summed E-state index contributed by atoms with van der Waals surface area (Å²) in [5.41, 5.74) is 2.68. The zero-order valence-corrected chi connectivity index (χ0v) is 14.2. The van der Waals surface area contributed by atoms with Gasteiger partial charge in [0.15, 0.2) is 5.54 Å². The van der Waals surface area contributed by atoms with Crippen molar-refractivity contribution in [3.63, 3.8) is 0 Å². The van der Waals surface area contributed by atoms with Gasteiger partial charge in [-0.25, -0.2) is 5.43 Å². The number of nitrogens with one attached hydrogen (secondary N) is 2. The summed E-state index contributed by atoms with van der Waals surface area (Å²) in [5.74, 6) is -2.91. The second kappa shape index (κ2) is 5.73. The van der Waals surface area contributed by atoms with Gasteiger partial charge in [-0.2, -0.15) is 0 Å². The second-order valence-electron chi connectivity index (χ2n) is 6.98. The molecule has 1 unspecified atom stereocenters. The Morgan fingerprint density at radius 1 is 1.30 bits per heavy atom. The van der Waals surface area contributed by atoms with Crippen molar-refractivity contribution >= 4 is 17.6 Å². The molecule has 146 valence electrons. The molecule has 3 aliphatic rings. The summed E-state index contributed by atoms with van der Waals surface area (Å²) in [4.78, 5) is 28.8. The maximum Gasteiger partial charge on any atom is 0.573 e. The molecule has 0 saturated carbocycles. The van der Waals surface area contributed by atoms with Crippen LogP contribution in [-0.4, -0.2) is 60.3 Å². The Hall–Kier alpha value is -2.53. The molecule has 1 aromatic rings. The third-order valence-electron chi connectivity index (χ3n) is 5.42. The van der Waals surface area contributed by atoms with E-state index in [1.54, 1.807) is 0 Å². The highest BCUT2D eigenvalue weighted by molar-refractivity contribution is 6.09. The summed E-state index contributed by atoms with van der Waals surface area (Å²) in [7, 11) is 1.94. The fraction of sp³-hybridized carbons (Fsp3) is 0.500. The van der Waals surface area contributed by atoms with Gasteiger partial charge < -0.3 is 25.0 Å². The third kappa shape index (κ3) is 2.69. The van der Waals surface area contributed by atoms with E-state index in [1.165, 1.54) is 4.90 Å². The molecule has 8 nitrogen and oxygen atoms in total. The minimum absolute atomic E-state index is 0.00998. The Kier molecular flexibility index (Phi) is 3.79. The molecule has 1 aromatic carbocycles. The third-order valence-corrected chi connectivity index (χ3v) is 5.42. The number of benzene rings is 1. The summed E-state index contributed by atoms with van der Waals surface area (Å²) >= 11 is 0.